The average molecular weight is 1050 g/mol. The van der Waals surface area contributed by atoms with Crippen LogP contribution < -0.4 is 26.6 Å². The second kappa shape index (κ2) is 22.1. The summed E-state index contributed by atoms with van der Waals surface area (Å²) in [5, 5.41) is 40.7. The van der Waals surface area contributed by atoms with Crippen molar-refractivity contribution in [3.63, 3.8) is 0 Å². The molecule has 11 heteroatoms. The van der Waals surface area contributed by atoms with Crippen LogP contribution in [0.1, 0.15) is 124 Å². The second-order valence-corrected chi connectivity index (χ2v) is 24.5. The van der Waals surface area contributed by atoms with Crippen LogP contribution in [-0.4, -0.2) is 68.2 Å². The highest BCUT2D eigenvalue weighted by Gasteiger charge is 2.68. The van der Waals surface area contributed by atoms with E-state index in [1.807, 2.05) is 32.2 Å². The molecule has 5 heterocycles. The van der Waals surface area contributed by atoms with Crippen molar-refractivity contribution < 1.29 is 29.3 Å². The van der Waals surface area contributed by atoms with E-state index in [9.17, 15) is 10.2 Å². The van der Waals surface area contributed by atoms with Gasteiger partial charge in [0.1, 0.15) is 17.3 Å². The number of cyclic esters (lactones) is 1. The van der Waals surface area contributed by atoms with Gasteiger partial charge in [0.2, 0.25) is 0 Å². The maximum atomic E-state index is 15.3. The molecule has 0 radical (unpaired) electrons. The average Bonchev–Trinajstić information content (AvgIpc) is 3.97. The van der Waals surface area contributed by atoms with Crippen molar-refractivity contribution >= 4 is 17.5 Å². The highest BCUT2D eigenvalue weighted by Crippen LogP contribution is 2.72. The summed E-state index contributed by atoms with van der Waals surface area (Å²) < 4.78 is 13.4. The first-order valence-electron chi connectivity index (χ1n) is 29.6. The fourth-order valence-corrected chi connectivity index (χ4v) is 16.5. The smallest absolute Gasteiger partial charge is 0.340 e. The maximum absolute atomic E-state index is 15.3. The van der Waals surface area contributed by atoms with E-state index < -0.39 is 11.5 Å². The molecule has 2 saturated carbocycles. The molecule has 4 fully saturated rings. The van der Waals surface area contributed by atoms with Crippen molar-refractivity contribution in [2.75, 3.05) is 33.7 Å². The van der Waals surface area contributed by atoms with E-state index in [2.05, 4.69) is 119 Å². The number of nitrogens with one attached hydrogen (secondary N) is 5. The van der Waals surface area contributed by atoms with Crippen molar-refractivity contribution in [1.82, 2.24) is 26.6 Å². The molecule has 78 heavy (non-hydrogen) atoms. The summed E-state index contributed by atoms with van der Waals surface area (Å²) in [6, 6.07) is 32.1. The van der Waals surface area contributed by atoms with E-state index in [4.69, 9.17) is 9.47 Å². The third-order valence-corrected chi connectivity index (χ3v) is 20.0. The molecular formula is C67H81N5O6. The summed E-state index contributed by atoms with van der Waals surface area (Å²) in [5.74, 6) is 1.50. The Balaban J connectivity index is 1.03. The quantitative estimate of drug-likeness (QED) is 0.0719. The fraction of sp³-hybridized carbons (Fsp3) is 0.493. The van der Waals surface area contributed by atoms with Crippen LogP contribution in [-0.2, 0) is 45.0 Å². The summed E-state index contributed by atoms with van der Waals surface area (Å²) in [6.45, 7) is 7.75. The Labute approximate surface area is 461 Å². The fourth-order valence-electron chi connectivity index (χ4n) is 16.5. The third kappa shape index (κ3) is 9.74. The monoisotopic (exact) mass is 1050 g/mol. The zero-order valence-corrected chi connectivity index (χ0v) is 46.3. The van der Waals surface area contributed by atoms with E-state index in [1.54, 1.807) is 6.07 Å². The Bertz CT molecular complexity index is 3070. The van der Waals surface area contributed by atoms with Gasteiger partial charge in [-0.3, -0.25) is 0 Å². The highest BCUT2D eigenvalue weighted by atomic mass is 16.6. The molecule has 11 unspecified atom stereocenters. The van der Waals surface area contributed by atoms with Crippen LogP contribution in [0.15, 0.2) is 131 Å². The highest BCUT2D eigenvalue weighted by molar-refractivity contribution is 6.07. The van der Waals surface area contributed by atoms with Gasteiger partial charge in [0.05, 0.1) is 23.3 Å². The number of phenolic OH excluding ortho intramolecular Hbond substituents is 1. The predicted octanol–water partition coefficient (Wildman–Crippen LogP) is 10.5. The van der Waals surface area contributed by atoms with Gasteiger partial charge >= 0.3 is 11.9 Å². The van der Waals surface area contributed by atoms with Gasteiger partial charge < -0.3 is 46.3 Å². The molecule has 2 saturated heterocycles. The number of fused-ring (bicyclic) bond motifs is 5. The lowest BCUT2D eigenvalue weighted by atomic mass is 9.44. The van der Waals surface area contributed by atoms with Crippen LogP contribution in [0.4, 0.5) is 0 Å². The number of aliphatic hydroxyl groups excluding tert-OH is 1. The van der Waals surface area contributed by atoms with Gasteiger partial charge in [-0.05, 0) is 233 Å². The van der Waals surface area contributed by atoms with E-state index in [1.165, 1.54) is 22.3 Å². The molecule has 1 spiro atoms. The van der Waals surface area contributed by atoms with Crippen LogP contribution in [0.25, 0.3) is 16.7 Å². The van der Waals surface area contributed by atoms with Crippen LogP contribution in [0, 0.1) is 46.3 Å². The molecule has 14 rings (SSSR count). The number of piperidine rings is 1. The van der Waals surface area contributed by atoms with Gasteiger partial charge in [-0.2, -0.15) is 0 Å². The van der Waals surface area contributed by atoms with Crippen molar-refractivity contribution in [2.45, 2.75) is 129 Å². The van der Waals surface area contributed by atoms with Crippen molar-refractivity contribution in [3.05, 3.63) is 165 Å². The number of hydrogen-bond donors (Lipinski definition) is 7. The molecule has 7 N–H and O–H groups in total. The van der Waals surface area contributed by atoms with Gasteiger partial charge in [-0.1, -0.05) is 79.7 Å². The molecule has 11 nitrogen and oxygen atoms in total. The van der Waals surface area contributed by atoms with Crippen LogP contribution in [0.5, 0.6) is 5.75 Å². The molecular weight excluding hydrogens is 971 g/mol. The molecule has 0 amide bonds. The Hall–Kier alpha value is -5.66. The molecule has 11 atom stereocenters. The summed E-state index contributed by atoms with van der Waals surface area (Å²) in [6.07, 6.45) is 15.9. The van der Waals surface area contributed by atoms with Gasteiger partial charge in [0, 0.05) is 42.7 Å². The van der Waals surface area contributed by atoms with Gasteiger partial charge in [0.25, 0.3) is 0 Å². The number of hydrogen-bond acceptors (Lipinski definition) is 11. The summed E-state index contributed by atoms with van der Waals surface area (Å²) >= 11 is 0. The number of carbonyl (C=O) groups excluding carboxylic acids is 2. The molecule has 410 valence electrons. The Kier molecular flexibility index (Phi) is 15.0. The minimum atomic E-state index is -0.888. The number of aliphatic hydroxyl groups is 1. The molecule has 10 aliphatic rings. The van der Waals surface area contributed by atoms with E-state index in [0.29, 0.717) is 54.9 Å². The number of phenols is 1. The van der Waals surface area contributed by atoms with E-state index in [0.717, 1.165) is 129 Å². The molecule has 4 aromatic carbocycles. The molecule has 4 aromatic rings. The topological polar surface area (TPSA) is 153 Å². The lowest BCUT2D eigenvalue weighted by Crippen LogP contribution is -2.52. The normalized spacial score (nSPS) is 30.9. The number of benzene rings is 4. The number of esters is 2. The molecule has 14 bridgehead atoms. The van der Waals surface area contributed by atoms with Gasteiger partial charge in [0.15, 0.2) is 0 Å². The molecule has 5 aliphatic carbocycles. The van der Waals surface area contributed by atoms with Crippen molar-refractivity contribution in [2.24, 2.45) is 46.3 Å². The number of aromatic hydroxyl groups is 1. The lowest BCUT2D eigenvalue weighted by molar-refractivity contribution is -0.135. The third-order valence-electron chi connectivity index (χ3n) is 20.0. The van der Waals surface area contributed by atoms with Crippen LogP contribution in [0.3, 0.4) is 0 Å². The first-order valence-corrected chi connectivity index (χ1v) is 29.6. The van der Waals surface area contributed by atoms with E-state index >= 15 is 9.59 Å². The van der Waals surface area contributed by atoms with Gasteiger partial charge in [-0.15, -0.1) is 0 Å². The van der Waals surface area contributed by atoms with Crippen molar-refractivity contribution in [1.29, 1.82) is 0 Å². The SMILES string of the molecule is CCC(C=C1OC(=O)C2=C3c4cc(O)ccc4-c4cccc(c4)CNCCc4cc(CNC)cc(c4)C(NCC(C)O)C4CCC(C5CCNC(NC)C5)(CC=C5OC(=O)C6=C5CCC5C3CCC12C65)C4)Cc1ccccc1. The second-order valence-electron chi connectivity index (χ2n) is 24.5. The summed E-state index contributed by atoms with van der Waals surface area (Å²) in [5.41, 5.74) is 11.5. The summed E-state index contributed by atoms with van der Waals surface area (Å²) in [4.78, 5) is 30.4. The van der Waals surface area contributed by atoms with Gasteiger partial charge in [-0.25, -0.2) is 9.59 Å². The number of ether oxygens (including phenoxy) is 2. The number of carbonyl (C=O) groups is 2. The first kappa shape index (κ1) is 53.0. The largest absolute Gasteiger partial charge is 0.508 e. The molecule has 5 aliphatic heterocycles. The van der Waals surface area contributed by atoms with E-state index in [-0.39, 0.29) is 59.0 Å². The molecule has 0 aromatic heterocycles. The minimum Gasteiger partial charge on any atom is -0.508 e. The Morgan fingerprint density at radius 2 is 1.72 bits per heavy atom. The zero-order valence-electron chi connectivity index (χ0n) is 46.3. The number of allylic oxidation sites excluding steroid dienone is 5. The summed E-state index contributed by atoms with van der Waals surface area (Å²) in [7, 11) is 4.07. The maximum Gasteiger partial charge on any atom is 0.340 e. The predicted molar refractivity (Wildman–Crippen MR) is 306 cm³/mol. The Morgan fingerprint density at radius 3 is 2.54 bits per heavy atom. The standard InChI is InChI=1S/C67H81N5O6/c1-5-41(28-42-10-7-6-8-11-42)33-57-67-25-19-52-53-16-17-54-56(77-64(75)60(54)61(53)67)20-24-66(49-22-27-71-58(34-49)69-4)23-18-47(36-66)63(72-37-40(2)73)48-30-43(29-45(32-48)38-68-3)21-26-70-39-44-12-9-13-46(31-44)51-15-14-50(74)35-55(51)59(52)62(67)65(76)78-57/h6-15,20,29-33,35,40-41,47,49,52-53,58,61,63,68-74H,5,16-19,21-28,34,36-39H2,1-4H3. The number of rotatable bonds is 11. The minimum absolute atomic E-state index is 0.0413. The zero-order chi connectivity index (χ0) is 53.7. The lowest BCUT2D eigenvalue weighted by Gasteiger charge is -2.56. The van der Waals surface area contributed by atoms with Crippen LogP contribution >= 0.6 is 0 Å². The Morgan fingerprint density at radius 1 is 0.846 bits per heavy atom. The first-order chi connectivity index (χ1) is 38.0. The van der Waals surface area contributed by atoms with Crippen LogP contribution in [0.2, 0.25) is 0 Å². The van der Waals surface area contributed by atoms with Crippen molar-refractivity contribution in [3.8, 4) is 16.9 Å².